The lowest BCUT2D eigenvalue weighted by Crippen LogP contribution is -2.22. The van der Waals surface area contributed by atoms with Crippen LogP contribution in [0.25, 0.3) is 5.69 Å². The molecule has 1 aliphatic carbocycles. The van der Waals surface area contributed by atoms with Crippen molar-refractivity contribution in [2.75, 3.05) is 0 Å². The first-order chi connectivity index (χ1) is 11.2. The van der Waals surface area contributed by atoms with Gasteiger partial charge in [-0.15, -0.1) is 0 Å². The number of benzene rings is 1. The van der Waals surface area contributed by atoms with Crippen LogP contribution in [-0.2, 0) is 13.0 Å². The van der Waals surface area contributed by atoms with Crippen molar-refractivity contribution in [1.82, 2.24) is 9.88 Å². The molecule has 0 radical (unpaired) electrons. The van der Waals surface area contributed by atoms with Gasteiger partial charge in [-0.1, -0.05) is 25.5 Å². The lowest BCUT2D eigenvalue weighted by Gasteiger charge is -2.14. The molecule has 0 spiro atoms. The number of unbranched alkanes of at least 4 members (excludes halogenated alkanes) is 1. The first kappa shape index (κ1) is 16.0. The number of nitrogens with one attached hydrogen (secondary N) is 1. The number of aromatic nitrogens is 1. The van der Waals surface area contributed by atoms with E-state index in [1.807, 2.05) is 13.1 Å². The zero-order valence-electron chi connectivity index (χ0n) is 14.1. The van der Waals surface area contributed by atoms with Gasteiger partial charge in [-0.2, -0.15) is 0 Å². The van der Waals surface area contributed by atoms with Gasteiger partial charge >= 0.3 is 0 Å². The maximum absolute atomic E-state index is 12.2. The molecule has 0 saturated heterocycles. The predicted octanol–water partition coefficient (Wildman–Crippen LogP) is 3.74. The van der Waals surface area contributed by atoms with E-state index in [-0.39, 0.29) is 5.43 Å². The van der Waals surface area contributed by atoms with E-state index in [0.29, 0.717) is 12.6 Å². The molecule has 3 rings (SSSR count). The summed E-state index contributed by atoms with van der Waals surface area (Å²) >= 11 is 0. The summed E-state index contributed by atoms with van der Waals surface area (Å²) in [6.45, 7) is 4.87. The molecule has 23 heavy (non-hydrogen) atoms. The molecule has 1 N–H and O–H groups in total. The summed E-state index contributed by atoms with van der Waals surface area (Å²) in [4.78, 5) is 12.2. The maximum atomic E-state index is 12.2. The molecular formula is C20H26N2O. The summed E-state index contributed by atoms with van der Waals surface area (Å²) in [6, 6.07) is 11.1. The maximum Gasteiger partial charge on any atom is 0.186 e. The van der Waals surface area contributed by atoms with Crippen molar-refractivity contribution in [3.8, 4) is 5.69 Å². The van der Waals surface area contributed by atoms with Crippen LogP contribution in [0.3, 0.4) is 0 Å². The molecule has 2 aromatic rings. The minimum atomic E-state index is 0.131. The topological polar surface area (TPSA) is 34.0 Å². The van der Waals surface area contributed by atoms with Crippen LogP contribution in [0.15, 0.2) is 41.3 Å². The SMILES string of the molecule is CCCCc1ccc(-n2cc(CNC3CC3)c(=O)cc2C)cc1. The van der Waals surface area contributed by atoms with Gasteiger partial charge in [-0.3, -0.25) is 4.79 Å². The quantitative estimate of drug-likeness (QED) is 0.845. The van der Waals surface area contributed by atoms with E-state index < -0.39 is 0 Å². The van der Waals surface area contributed by atoms with Crippen LogP contribution in [-0.4, -0.2) is 10.6 Å². The van der Waals surface area contributed by atoms with Crippen molar-refractivity contribution < 1.29 is 0 Å². The minimum Gasteiger partial charge on any atom is -0.321 e. The summed E-state index contributed by atoms with van der Waals surface area (Å²) < 4.78 is 2.12. The molecule has 0 aliphatic heterocycles. The third-order valence-corrected chi connectivity index (χ3v) is 4.51. The highest BCUT2D eigenvalue weighted by Gasteiger charge is 2.20. The van der Waals surface area contributed by atoms with E-state index in [1.54, 1.807) is 6.07 Å². The molecule has 0 unspecified atom stereocenters. The fourth-order valence-corrected chi connectivity index (χ4v) is 2.83. The largest absolute Gasteiger partial charge is 0.321 e. The molecule has 3 heteroatoms. The van der Waals surface area contributed by atoms with Gasteiger partial charge in [0.15, 0.2) is 5.43 Å². The molecule has 0 amide bonds. The summed E-state index contributed by atoms with van der Waals surface area (Å²) in [5, 5.41) is 3.43. The van der Waals surface area contributed by atoms with Gasteiger partial charge in [-0.25, -0.2) is 0 Å². The average Bonchev–Trinajstić information content (AvgIpc) is 3.37. The Morgan fingerprint density at radius 3 is 2.61 bits per heavy atom. The number of aryl methyl sites for hydroxylation is 2. The van der Waals surface area contributed by atoms with Gasteiger partial charge in [0.1, 0.15) is 0 Å². The lowest BCUT2D eigenvalue weighted by atomic mass is 10.1. The molecule has 3 nitrogen and oxygen atoms in total. The Balaban J connectivity index is 1.82. The van der Waals surface area contributed by atoms with Crippen molar-refractivity contribution in [1.29, 1.82) is 0 Å². The first-order valence-corrected chi connectivity index (χ1v) is 8.72. The highest BCUT2D eigenvalue weighted by atomic mass is 16.1. The van der Waals surface area contributed by atoms with Crippen LogP contribution in [0.5, 0.6) is 0 Å². The van der Waals surface area contributed by atoms with Crippen molar-refractivity contribution in [2.24, 2.45) is 0 Å². The molecule has 1 heterocycles. The molecule has 1 aromatic heterocycles. The molecule has 1 aromatic carbocycles. The van der Waals surface area contributed by atoms with E-state index in [4.69, 9.17) is 0 Å². The first-order valence-electron chi connectivity index (χ1n) is 8.72. The Morgan fingerprint density at radius 2 is 1.96 bits per heavy atom. The van der Waals surface area contributed by atoms with Crippen LogP contribution in [0.4, 0.5) is 0 Å². The zero-order chi connectivity index (χ0) is 16.2. The lowest BCUT2D eigenvalue weighted by molar-refractivity contribution is 0.679. The smallest absolute Gasteiger partial charge is 0.186 e. The third kappa shape index (κ3) is 4.11. The Labute approximate surface area is 138 Å². The van der Waals surface area contributed by atoms with Gasteiger partial charge in [0.25, 0.3) is 0 Å². The van der Waals surface area contributed by atoms with Crippen LogP contribution < -0.4 is 10.7 Å². The fraction of sp³-hybridized carbons (Fsp3) is 0.450. The van der Waals surface area contributed by atoms with Crippen molar-refractivity contribution in [3.63, 3.8) is 0 Å². The summed E-state index contributed by atoms with van der Waals surface area (Å²) in [5.74, 6) is 0. The van der Waals surface area contributed by atoms with Gasteiger partial charge in [0.05, 0.1) is 0 Å². The molecule has 0 bridgehead atoms. The summed E-state index contributed by atoms with van der Waals surface area (Å²) in [6.07, 6.45) is 8.05. The fourth-order valence-electron chi connectivity index (χ4n) is 2.83. The second kappa shape index (κ2) is 7.14. The summed E-state index contributed by atoms with van der Waals surface area (Å²) in [5.41, 5.74) is 4.45. The third-order valence-electron chi connectivity index (χ3n) is 4.51. The van der Waals surface area contributed by atoms with Crippen molar-refractivity contribution in [3.05, 3.63) is 63.6 Å². The highest BCUT2D eigenvalue weighted by Crippen LogP contribution is 2.19. The van der Waals surface area contributed by atoms with Gasteiger partial charge in [0.2, 0.25) is 0 Å². The van der Waals surface area contributed by atoms with Crippen LogP contribution in [0.1, 0.15) is 49.4 Å². The standard InChI is InChI=1S/C20H26N2O/c1-3-4-5-16-6-10-19(11-7-16)22-14-17(13-21-18-8-9-18)20(23)12-15(22)2/h6-7,10-12,14,18,21H,3-5,8-9,13H2,1-2H3. The molecular weight excluding hydrogens is 284 g/mol. The van der Waals surface area contributed by atoms with Crippen molar-refractivity contribution in [2.45, 2.75) is 58.5 Å². The van der Waals surface area contributed by atoms with Gasteiger partial charge in [0, 0.05) is 41.8 Å². The van der Waals surface area contributed by atoms with Crippen LogP contribution in [0, 0.1) is 6.92 Å². The monoisotopic (exact) mass is 310 g/mol. The molecule has 1 saturated carbocycles. The normalized spacial score (nSPS) is 14.2. The van der Waals surface area contributed by atoms with E-state index in [1.165, 1.54) is 31.2 Å². The number of rotatable bonds is 7. The Morgan fingerprint density at radius 1 is 1.22 bits per heavy atom. The van der Waals surface area contributed by atoms with E-state index in [2.05, 4.69) is 41.1 Å². The Hall–Kier alpha value is -1.87. The molecule has 1 fully saturated rings. The van der Waals surface area contributed by atoms with Gasteiger partial charge < -0.3 is 9.88 Å². The second-order valence-corrected chi connectivity index (χ2v) is 6.60. The molecule has 0 atom stereocenters. The zero-order valence-corrected chi connectivity index (χ0v) is 14.1. The Bertz CT molecular complexity index is 711. The van der Waals surface area contributed by atoms with E-state index >= 15 is 0 Å². The number of hydrogen-bond acceptors (Lipinski definition) is 2. The molecule has 1 aliphatic rings. The number of nitrogens with zero attached hydrogens (tertiary/aromatic N) is 1. The summed E-state index contributed by atoms with van der Waals surface area (Å²) in [7, 11) is 0. The number of pyridine rings is 1. The van der Waals surface area contributed by atoms with Crippen molar-refractivity contribution >= 4 is 0 Å². The minimum absolute atomic E-state index is 0.131. The Kier molecular flexibility index (Phi) is 4.97. The van der Waals surface area contributed by atoms with E-state index in [0.717, 1.165) is 23.4 Å². The molecule has 122 valence electrons. The predicted molar refractivity (Wildman–Crippen MR) is 95.2 cm³/mol. The van der Waals surface area contributed by atoms with Gasteiger partial charge in [-0.05, 0) is 50.3 Å². The van der Waals surface area contributed by atoms with Crippen LogP contribution >= 0.6 is 0 Å². The number of hydrogen-bond donors (Lipinski definition) is 1. The van der Waals surface area contributed by atoms with E-state index in [9.17, 15) is 4.79 Å². The van der Waals surface area contributed by atoms with Crippen LogP contribution in [0.2, 0.25) is 0 Å². The highest BCUT2D eigenvalue weighted by molar-refractivity contribution is 5.38. The average molecular weight is 310 g/mol. The second-order valence-electron chi connectivity index (χ2n) is 6.60.